The monoisotopic (exact) mass is 481 g/mol. The molecule has 33 heavy (non-hydrogen) atoms. The van der Waals surface area contributed by atoms with E-state index in [2.05, 4.69) is 26.9 Å². The molecule has 0 aliphatic rings. The van der Waals surface area contributed by atoms with E-state index in [4.69, 9.17) is 17.3 Å². The second kappa shape index (κ2) is 7.97. The minimum absolute atomic E-state index is 0.0106. The van der Waals surface area contributed by atoms with Gasteiger partial charge in [-0.3, -0.25) is 0 Å². The fourth-order valence-corrected chi connectivity index (χ4v) is 3.06. The molecule has 0 saturated carbocycles. The molecule has 0 atom stereocenters. The van der Waals surface area contributed by atoms with E-state index >= 15 is 0 Å². The molecule has 0 unspecified atom stereocenters. The lowest BCUT2D eigenvalue weighted by molar-refractivity contribution is -0.142. The predicted octanol–water partition coefficient (Wildman–Crippen LogP) is 5.46. The van der Waals surface area contributed by atoms with Crippen LogP contribution in [0.2, 0.25) is 5.02 Å². The largest absolute Gasteiger partial charge is 0.433 e. The summed E-state index contributed by atoms with van der Waals surface area (Å²) in [4.78, 5) is 7.71. The molecule has 3 heterocycles. The van der Waals surface area contributed by atoms with E-state index in [0.29, 0.717) is 21.2 Å². The Balaban J connectivity index is 1.86. The van der Waals surface area contributed by atoms with Gasteiger partial charge in [-0.1, -0.05) is 35.6 Å². The average molecular weight is 482 g/mol. The summed E-state index contributed by atoms with van der Waals surface area (Å²) in [5.41, 5.74) is 2.96. The maximum absolute atomic E-state index is 13.7. The van der Waals surface area contributed by atoms with Crippen LogP contribution in [0.3, 0.4) is 0 Å². The van der Waals surface area contributed by atoms with Crippen molar-refractivity contribution in [2.75, 3.05) is 5.73 Å². The van der Waals surface area contributed by atoms with E-state index in [1.807, 2.05) is 0 Å². The van der Waals surface area contributed by atoms with Gasteiger partial charge in [0.1, 0.15) is 5.82 Å². The van der Waals surface area contributed by atoms with E-state index in [-0.39, 0.29) is 22.5 Å². The molecule has 0 bridgehead atoms. The van der Waals surface area contributed by atoms with E-state index in [1.165, 1.54) is 24.3 Å². The van der Waals surface area contributed by atoms with Gasteiger partial charge in [0.05, 0.1) is 23.0 Å². The van der Waals surface area contributed by atoms with Gasteiger partial charge in [-0.2, -0.15) is 31.4 Å². The van der Waals surface area contributed by atoms with Gasteiger partial charge in [-0.05, 0) is 24.3 Å². The third-order valence-electron chi connectivity index (χ3n) is 4.47. The second-order valence-corrected chi connectivity index (χ2v) is 7.17. The van der Waals surface area contributed by atoms with Crippen LogP contribution in [0, 0.1) is 11.8 Å². The van der Waals surface area contributed by atoms with Crippen molar-refractivity contribution in [3.63, 3.8) is 0 Å². The lowest BCUT2D eigenvalue weighted by atomic mass is 10.1. The molecular weight excluding hydrogens is 472 g/mol. The Labute approximate surface area is 186 Å². The van der Waals surface area contributed by atoms with Gasteiger partial charge in [0.15, 0.2) is 11.3 Å². The first-order valence-corrected chi connectivity index (χ1v) is 9.38. The van der Waals surface area contributed by atoms with E-state index in [0.717, 1.165) is 18.5 Å². The molecule has 0 aliphatic heterocycles. The van der Waals surface area contributed by atoms with Gasteiger partial charge >= 0.3 is 12.4 Å². The molecule has 0 spiro atoms. The number of benzene rings is 1. The van der Waals surface area contributed by atoms with Crippen LogP contribution in [0.1, 0.15) is 22.4 Å². The molecule has 5 nitrogen and oxygen atoms in total. The van der Waals surface area contributed by atoms with Crippen LogP contribution in [0.4, 0.5) is 32.2 Å². The van der Waals surface area contributed by atoms with E-state index < -0.39 is 29.4 Å². The Morgan fingerprint density at radius 1 is 0.909 bits per heavy atom. The zero-order valence-electron chi connectivity index (χ0n) is 16.1. The predicted molar refractivity (Wildman–Crippen MR) is 108 cm³/mol. The number of nitrogens with two attached hydrogens (primary N) is 1. The summed E-state index contributed by atoms with van der Waals surface area (Å²) in [6.07, 6.45) is -7.43. The number of fused-ring (bicyclic) bond motifs is 1. The molecule has 1 aromatic carbocycles. The summed E-state index contributed by atoms with van der Waals surface area (Å²) in [6.45, 7) is 0. The summed E-state index contributed by atoms with van der Waals surface area (Å²) >= 11 is 5.84. The molecule has 0 aliphatic carbocycles. The highest BCUT2D eigenvalue weighted by Gasteiger charge is 2.36. The fourth-order valence-electron chi connectivity index (χ4n) is 2.93. The number of nitrogens with zero attached hydrogens (tertiary/aromatic N) is 4. The number of anilines is 1. The number of rotatable bonds is 1. The summed E-state index contributed by atoms with van der Waals surface area (Å²) in [5.74, 6) is 4.25. The normalized spacial score (nSPS) is 12.0. The maximum atomic E-state index is 13.7. The van der Waals surface area contributed by atoms with Gasteiger partial charge in [-0.25, -0.2) is 14.5 Å². The molecule has 4 rings (SSSR count). The Bertz CT molecular complexity index is 1410. The highest BCUT2D eigenvalue weighted by Crippen LogP contribution is 2.34. The summed E-state index contributed by atoms with van der Waals surface area (Å²) < 4.78 is 80.6. The molecular formula is C21H10ClF6N5. The Kier molecular flexibility index (Phi) is 5.41. The van der Waals surface area contributed by atoms with Gasteiger partial charge in [0, 0.05) is 22.3 Å². The fraction of sp³-hybridized carbons (Fsp3) is 0.0952. The van der Waals surface area contributed by atoms with Crippen molar-refractivity contribution in [3.8, 4) is 23.1 Å². The molecule has 4 aromatic rings. The molecule has 3 aromatic heterocycles. The van der Waals surface area contributed by atoms with Crippen molar-refractivity contribution in [1.29, 1.82) is 0 Å². The van der Waals surface area contributed by atoms with Crippen LogP contribution in [0.15, 0.2) is 48.8 Å². The molecule has 2 N–H and O–H groups in total. The zero-order chi connectivity index (χ0) is 24.0. The average Bonchev–Trinajstić information content (AvgIpc) is 3.14. The number of halogens is 7. The first-order valence-electron chi connectivity index (χ1n) is 9.00. The van der Waals surface area contributed by atoms with Crippen molar-refractivity contribution in [2.45, 2.75) is 12.4 Å². The van der Waals surface area contributed by atoms with E-state index in [1.54, 1.807) is 0 Å². The van der Waals surface area contributed by atoms with Crippen LogP contribution in [0.5, 0.6) is 0 Å². The number of alkyl halides is 6. The van der Waals surface area contributed by atoms with Gasteiger partial charge in [0.2, 0.25) is 0 Å². The first kappa shape index (κ1) is 22.4. The lowest BCUT2D eigenvalue weighted by Crippen LogP contribution is -2.13. The smallest absolute Gasteiger partial charge is 0.383 e. The highest BCUT2D eigenvalue weighted by atomic mass is 35.5. The van der Waals surface area contributed by atoms with Crippen LogP contribution in [-0.4, -0.2) is 19.6 Å². The number of nitrogen functional groups attached to an aromatic ring is 1. The Morgan fingerprint density at radius 2 is 1.61 bits per heavy atom. The number of aromatic nitrogens is 4. The van der Waals surface area contributed by atoms with Gasteiger partial charge < -0.3 is 5.73 Å². The molecule has 168 valence electrons. The van der Waals surface area contributed by atoms with Crippen molar-refractivity contribution in [1.82, 2.24) is 19.6 Å². The summed E-state index contributed by atoms with van der Waals surface area (Å²) in [7, 11) is 0. The number of pyridine rings is 1. The quantitative estimate of drug-likeness (QED) is 0.289. The Hall–Kier alpha value is -3.78. The molecule has 0 radical (unpaired) electrons. The third kappa shape index (κ3) is 4.56. The lowest BCUT2D eigenvalue weighted by Gasteiger charge is -2.11. The Morgan fingerprint density at radius 3 is 2.24 bits per heavy atom. The van der Waals surface area contributed by atoms with Gasteiger partial charge in [-0.15, -0.1) is 0 Å². The second-order valence-electron chi connectivity index (χ2n) is 6.73. The topological polar surface area (TPSA) is 69.1 Å². The van der Waals surface area contributed by atoms with Crippen LogP contribution >= 0.6 is 11.6 Å². The molecule has 12 heteroatoms. The number of hydrogen-bond acceptors (Lipinski definition) is 4. The third-order valence-corrected chi connectivity index (χ3v) is 4.72. The molecule has 0 saturated heterocycles. The zero-order valence-corrected chi connectivity index (χ0v) is 16.9. The van der Waals surface area contributed by atoms with Crippen LogP contribution in [0.25, 0.3) is 16.9 Å². The van der Waals surface area contributed by atoms with Crippen molar-refractivity contribution in [3.05, 3.63) is 76.2 Å². The van der Waals surface area contributed by atoms with Crippen LogP contribution in [-0.2, 0) is 12.4 Å². The summed E-state index contributed by atoms with van der Waals surface area (Å²) in [6, 6.07) is 7.54. The van der Waals surface area contributed by atoms with Crippen molar-refractivity contribution < 1.29 is 26.3 Å². The first-order chi connectivity index (χ1) is 15.4. The minimum Gasteiger partial charge on any atom is -0.383 e. The molecule has 0 fully saturated rings. The SMILES string of the molecule is Nc1ncc(C#Cc2cnn3c(C(F)(F)F)cc(-c4ccc(Cl)cc4)nc23)cc1C(F)(F)F. The summed E-state index contributed by atoms with van der Waals surface area (Å²) in [5, 5.41) is 4.10. The maximum Gasteiger partial charge on any atom is 0.433 e. The standard InChI is InChI=1S/C21H10ClF6N5/c22-14-5-3-12(4-6-14)16-8-17(21(26,27)28)33-19(32-16)13(10-31-33)2-1-11-7-15(20(23,24)25)18(29)30-9-11/h3-10H,(H2,29,30). The van der Waals surface area contributed by atoms with Crippen molar-refractivity contribution in [2.24, 2.45) is 0 Å². The highest BCUT2D eigenvalue weighted by molar-refractivity contribution is 6.30. The van der Waals surface area contributed by atoms with E-state index in [9.17, 15) is 26.3 Å². The molecule has 0 amide bonds. The minimum atomic E-state index is -4.76. The number of hydrogen-bond donors (Lipinski definition) is 1. The van der Waals surface area contributed by atoms with Crippen LogP contribution < -0.4 is 5.73 Å². The van der Waals surface area contributed by atoms with Crippen molar-refractivity contribution >= 4 is 23.1 Å². The van der Waals surface area contributed by atoms with Gasteiger partial charge in [0.25, 0.3) is 0 Å².